The van der Waals surface area contributed by atoms with Crippen molar-refractivity contribution in [3.63, 3.8) is 0 Å². The van der Waals surface area contributed by atoms with Gasteiger partial charge in [-0.3, -0.25) is 0 Å². The molecule has 0 fully saturated rings. The third-order valence-corrected chi connectivity index (χ3v) is 1.92. The van der Waals surface area contributed by atoms with E-state index in [0.717, 1.165) is 0 Å². The van der Waals surface area contributed by atoms with Gasteiger partial charge in [-0.25, -0.2) is 9.78 Å². The zero-order valence-electron chi connectivity index (χ0n) is 7.70. The van der Waals surface area contributed by atoms with E-state index in [9.17, 15) is 4.79 Å². The standard InChI is InChI=1S/C9H10BrNO3/c1-13-4-5-14-9(12)7-2-3-11-8(10)6-7/h2-3,6H,4-5H2,1H3. The molecule has 5 heteroatoms. The summed E-state index contributed by atoms with van der Waals surface area (Å²) in [5.41, 5.74) is 0.475. The summed E-state index contributed by atoms with van der Waals surface area (Å²) in [6.45, 7) is 0.660. The number of aromatic nitrogens is 1. The third-order valence-electron chi connectivity index (χ3n) is 1.48. The smallest absolute Gasteiger partial charge is 0.338 e. The number of carbonyl (C=O) groups is 1. The fraction of sp³-hybridized carbons (Fsp3) is 0.333. The SMILES string of the molecule is COCCOC(=O)c1ccnc(Br)c1. The van der Waals surface area contributed by atoms with Gasteiger partial charge in [0.15, 0.2) is 0 Å². The summed E-state index contributed by atoms with van der Waals surface area (Å²) in [6.07, 6.45) is 1.54. The van der Waals surface area contributed by atoms with Crippen LogP contribution < -0.4 is 0 Å². The van der Waals surface area contributed by atoms with Crippen LogP contribution in [-0.2, 0) is 9.47 Å². The maximum absolute atomic E-state index is 11.3. The molecule has 4 nitrogen and oxygen atoms in total. The normalized spacial score (nSPS) is 9.86. The fourth-order valence-corrected chi connectivity index (χ4v) is 1.20. The highest BCUT2D eigenvalue weighted by atomic mass is 79.9. The maximum Gasteiger partial charge on any atom is 0.338 e. The molecule has 76 valence electrons. The minimum Gasteiger partial charge on any atom is -0.460 e. The molecule has 0 aliphatic carbocycles. The third kappa shape index (κ3) is 3.43. The molecule has 0 aliphatic heterocycles. The summed E-state index contributed by atoms with van der Waals surface area (Å²) in [5, 5.41) is 0. The lowest BCUT2D eigenvalue weighted by Gasteiger charge is -2.03. The molecule has 1 heterocycles. The first kappa shape index (κ1) is 11.1. The largest absolute Gasteiger partial charge is 0.460 e. The monoisotopic (exact) mass is 259 g/mol. The second kappa shape index (κ2) is 5.72. The van der Waals surface area contributed by atoms with Crippen molar-refractivity contribution in [1.82, 2.24) is 4.98 Å². The van der Waals surface area contributed by atoms with Crippen molar-refractivity contribution >= 4 is 21.9 Å². The quantitative estimate of drug-likeness (QED) is 0.469. The van der Waals surface area contributed by atoms with E-state index >= 15 is 0 Å². The molecular formula is C9H10BrNO3. The van der Waals surface area contributed by atoms with Gasteiger partial charge in [-0.1, -0.05) is 0 Å². The molecular weight excluding hydrogens is 250 g/mol. The van der Waals surface area contributed by atoms with Crippen LogP contribution >= 0.6 is 15.9 Å². The molecule has 1 aromatic rings. The number of rotatable bonds is 4. The lowest BCUT2D eigenvalue weighted by molar-refractivity contribution is 0.0388. The Balaban J connectivity index is 2.52. The van der Waals surface area contributed by atoms with Gasteiger partial charge in [0.05, 0.1) is 12.2 Å². The summed E-state index contributed by atoms with van der Waals surface area (Å²) in [6, 6.07) is 3.20. The molecule has 0 saturated heterocycles. The van der Waals surface area contributed by atoms with Crippen LogP contribution in [0.5, 0.6) is 0 Å². The molecule has 0 atom stereocenters. The summed E-state index contributed by atoms with van der Waals surface area (Å²) < 4.78 is 10.3. The van der Waals surface area contributed by atoms with E-state index in [1.807, 2.05) is 0 Å². The molecule has 0 aromatic carbocycles. The predicted octanol–water partition coefficient (Wildman–Crippen LogP) is 1.65. The van der Waals surface area contributed by atoms with Gasteiger partial charge in [0.1, 0.15) is 11.2 Å². The molecule has 0 radical (unpaired) electrons. The van der Waals surface area contributed by atoms with Gasteiger partial charge in [-0.15, -0.1) is 0 Å². The zero-order chi connectivity index (χ0) is 10.4. The second-order valence-corrected chi connectivity index (χ2v) is 3.31. The number of carbonyl (C=O) groups excluding carboxylic acids is 1. The number of ether oxygens (including phenoxy) is 2. The van der Waals surface area contributed by atoms with Crippen LogP contribution in [0.1, 0.15) is 10.4 Å². The number of methoxy groups -OCH3 is 1. The Morgan fingerprint density at radius 3 is 3.00 bits per heavy atom. The van der Waals surface area contributed by atoms with Crippen LogP contribution in [0, 0.1) is 0 Å². The Kier molecular flexibility index (Phi) is 4.55. The van der Waals surface area contributed by atoms with Gasteiger partial charge in [0.25, 0.3) is 0 Å². The van der Waals surface area contributed by atoms with Gasteiger partial charge in [-0.05, 0) is 28.1 Å². The fourth-order valence-electron chi connectivity index (χ4n) is 0.830. The van der Waals surface area contributed by atoms with Crippen molar-refractivity contribution in [2.24, 2.45) is 0 Å². The van der Waals surface area contributed by atoms with Crippen molar-refractivity contribution in [1.29, 1.82) is 0 Å². The van der Waals surface area contributed by atoms with Crippen LogP contribution in [0.25, 0.3) is 0 Å². The average Bonchev–Trinajstić information content (AvgIpc) is 2.18. The molecule has 0 amide bonds. The summed E-state index contributed by atoms with van der Waals surface area (Å²) in [7, 11) is 1.55. The van der Waals surface area contributed by atoms with Crippen LogP contribution in [0.15, 0.2) is 22.9 Å². The Morgan fingerprint density at radius 2 is 2.36 bits per heavy atom. The van der Waals surface area contributed by atoms with E-state index in [0.29, 0.717) is 16.8 Å². The van der Waals surface area contributed by atoms with Gasteiger partial charge >= 0.3 is 5.97 Å². The van der Waals surface area contributed by atoms with E-state index in [1.165, 1.54) is 6.20 Å². The maximum atomic E-state index is 11.3. The first-order valence-electron chi connectivity index (χ1n) is 4.01. The topological polar surface area (TPSA) is 48.4 Å². The molecule has 1 rings (SSSR count). The van der Waals surface area contributed by atoms with Crippen molar-refractivity contribution in [2.75, 3.05) is 20.3 Å². The highest BCUT2D eigenvalue weighted by Gasteiger charge is 2.06. The minimum absolute atomic E-state index is 0.259. The van der Waals surface area contributed by atoms with Crippen molar-refractivity contribution in [3.8, 4) is 0 Å². The Bertz CT molecular complexity index is 317. The van der Waals surface area contributed by atoms with Crippen LogP contribution in [-0.4, -0.2) is 31.3 Å². The van der Waals surface area contributed by atoms with Gasteiger partial charge in [0.2, 0.25) is 0 Å². The summed E-state index contributed by atoms with van der Waals surface area (Å²) in [5.74, 6) is -0.370. The molecule has 0 spiro atoms. The van der Waals surface area contributed by atoms with E-state index in [4.69, 9.17) is 9.47 Å². The second-order valence-electron chi connectivity index (χ2n) is 2.50. The van der Waals surface area contributed by atoms with Crippen LogP contribution in [0.3, 0.4) is 0 Å². The molecule has 0 N–H and O–H groups in total. The summed E-state index contributed by atoms with van der Waals surface area (Å²) >= 11 is 3.17. The van der Waals surface area contributed by atoms with Crippen LogP contribution in [0.4, 0.5) is 0 Å². The zero-order valence-corrected chi connectivity index (χ0v) is 9.28. The Morgan fingerprint density at radius 1 is 1.57 bits per heavy atom. The molecule has 1 aromatic heterocycles. The van der Waals surface area contributed by atoms with Gasteiger partial charge in [0, 0.05) is 13.3 Å². The molecule has 0 aliphatic rings. The number of hydrogen-bond acceptors (Lipinski definition) is 4. The van der Waals surface area contributed by atoms with Crippen LogP contribution in [0.2, 0.25) is 0 Å². The highest BCUT2D eigenvalue weighted by molar-refractivity contribution is 9.10. The molecule has 0 bridgehead atoms. The lowest BCUT2D eigenvalue weighted by Crippen LogP contribution is -2.09. The number of esters is 1. The number of pyridine rings is 1. The van der Waals surface area contributed by atoms with Gasteiger partial charge < -0.3 is 9.47 Å². The number of nitrogens with zero attached hydrogens (tertiary/aromatic N) is 1. The first-order chi connectivity index (χ1) is 6.74. The Hall–Kier alpha value is -0.940. The van der Waals surface area contributed by atoms with E-state index in [-0.39, 0.29) is 12.6 Å². The number of hydrogen-bond donors (Lipinski definition) is 0. The highest BCUT2D eigenvalue weighted by Crippen LogP contribution is 2.08. The average molecular weight is 260 g/mol. The lowest BCUT2D eigenvalue weighted by atomic mass is 10.3. The number of halogens is 1. The summed E-state index contributed by atoms with van der Waals surface area (Å²) in [4.78, 5) is 15.2. The van der Waals surface area contributed by atoms with Crippen molar-refractivity contribution in [2.45, 2.75) is 0 Å². The molecule has 0 saturated carbocycles. The minimum atomic E-state index is -0.370. The van der Waals surface area contributed by atoms with Crippen molar-refractivity contribution < 1.29 is 14.3 Å². The van der Waals surface area contributed by atoms with E-state index < -0.39 is 0 Å². The molecule has 14 heavy (non-hydrogen) atoms. The van der Waals surface area contributed by atoms with E-state index in [1.54, 1.807) is 19.2 Å². The first-order valence-corrected chi connectivity index (χ1v) is 4.81. The molecule has 0 unspecified atom stereocenters. The predicted molar refractivity (Wildman–Crippen MR) is 54.1 cm³/mol. The van der Waals surface area contributed by atoms with E-state index in [2.05, 4.69) is 20.9 Å². The Labute approximate surface area is 90.4 Å². The van der Waals surface area contributed by atoms with Crippen molar-refractivity contribution in [3.05, 3.63) is 28.5 Å². The van der Waals surface area contributed by atoms with Gasteiger partial charge in [-0.2, -0.15) is 0 Å².